The Labute approximate surface area is 64.1 Å². The molecule has 0 amide bonds. The molecule has 0 radical (unpaired) electrons. The summed E-state index contributed by atoms with van der Waals surface area (Å²) in [5.41, 5.74) is 0.963. The molecule has 3 heteroatoms. The second-order valence-electron chi connectivity index (χ2n) is 3.07. The number of rotatable bonds is 0. The molecule has 0 saturated heterocycles. The Morgan fingerprint density at radius 1 is 1.18 bits per heavy atom. The highest BCUT2D eigenvalue weighted by Crippen LogP contribution is 2.38. The van der Waals surface area contributed by atoms with Crippen molar-refractivity contribution in [1.82, 2.24) is 0 Å². The third-order valence-electron chi connectivity index (χ3n) is 2.16. The molecule has 0 aliphatic heterocycles. The molecule has 0 aromatic carbocycles. The molecule has 1 aliphatic carbocycles. The van der Waals surface area contributed by atoms with Crippen LogP contribution in [0.25, 0.3) is 0 Å². The van der Waals surface area contributed by atoms with Crippen LogP contribution >= 0.6 is 0 Å². The van der Waals surface area contributed by atoms with E-state index in [1.807, 2.05) is 0 Å². The van der Waals surface area contributed by atoms with Gasteiger partial charge in [0, 0.05) is 0 Å². The SMILES string of the molecule is C=C1CCC(C(F)(F)F)CC1. The van der Waals surface area contributed by atoms with Gasteiger partial charge >= 0.3 is 6.18 Å². The largest absolute Gasteiger partial charge is 0.391 e. The highest BCUT2D eigenvalue weighted by atomic mass is 19.4. The Hall–Kier alpha value is -0.470. The summed E-state index contributed by atoms with van der Waals surface area (Å²) in [7, 11) is 0. The van der Waals surface area contributed by atoms with Crippen molar-refractivity contribution in [1.29, 1.82) is 0 Å². The summed E-state index contributed by atoms with van der Waals surface area (Å²) in [5.74, 6) is -1.08. The first-order chi connectivity index (χ1) is 5.00. The second-order valence-corrected chi connectivity index (χ2v) is 3.07. The monoisotopic (exact) mass is 164 g/mol. The zero-order chi connectivity index (χ0) is 8.48. The summed E-state index contributed by atoms with van der Waals surface area (Å²) in [6, 6.07) is 0. The van der Waals surface area contributed by atoms with E-state index in [2.05, 4.69) is 6.58 Å². The molecule has 0 aromatic rings. The van der Waals surface area contributed by atoms with Crippen molar-refractivity contribution in [2.45, 2.75) is 31.9 Å². The van der Waals surface area contributed by atoms with Gasteiger partial charge in [0.15, 0.2) is 0 Å². The molecular weight excluding hydrogens is 153 g/mol. The van der Waals surface area contributed by atoms with Crippen LogP contribution in [0, 0.1) is 5.92 Å². The summed E-state index contributed by atoms with van der Waals surface area (Å²) < 4.78 is 36.1. The molecule has 0 bridgehead atoms. The summed E-state index contributed by atoms with van der Waals surface area (Å²) in [5, 5.41) is 0. The highest BCUT2D eigenvalue weighted by Gasteiger charge is 2.39. The summed E-state index contributed by atoms with van der Waals surface area (Å²) in [6.45, 7) is 3.66. The van der Waals surface area contributed by atoms with E-state index in [1.54, 1.807) is 0 Å². The molecule has 1 fully saturated rings. The van der Waals surface area contributed by atoms with E-state index in [4.69, 9.17) is 0 Å². The lowest BCUT2D eigenvalue weighted by Crippen LogP contribution is -2.25. The fraction of sp³-hybridized carbons (Fsp3) is 0.750. The molecule has 1 saturated carbocycles. The van der Waals surface area contributed by atoms with Crippen LogP contribution in [0.5, 0.6) is 0 Å². The average molecular weight is 164 g/mol. The van der Waals surface area contributed by atoms with Crippen LogP contribution in [0.4, 0.5) is 13.2 Å². The Bertz CT molecular complexity index is 147. The molecule has 0 atom stereocenters. The highest BCUT2D eigenvalue weighted by molar-refractivity contribution is 4.99. The maximum absolute atomic E-state index is 12.0. The van der Waals surface area contributed by atoms with Gasteiger partial charge in [0.1, 0.15) is 0 Å². The van der Waals surface area contributed by atoms with Gasteiger partial charge in [-0.2, -0.15) is 13.2 Å². The zero-order valence-corrected chi connectivity index (χ0v) is 6.25. The lowest BCUT2D eigenvalue weighted by molar-refractivity contribution is -0.179. The fourth-order valence-corrected chi connectivity index (χ4v) is 1.35. The minimum atomic E-state index is -3.99. The molecule has 0 N–H and O–H groups in total. The second kappa shape index (κ2) is 2.88. The minimum Gasteiger partial charge on any atom is -0.171 e. The van der Waals surface area contributed by atoms with Crippen LogP contribution in [0.2, 0.25) is 0 Å². The van der Waals surface area contributed by atoms with Gasteiger partial charge in [-0.25, -0.2) is 0 Å². The van der Waals surface area contributed by atoms with Gasteiger partial charge in [0.05, 0.1) is 5.92 Å². The first kappa shape index (κ1) is 8.62. The van der Waals surface area contributed by atoms with Gasteiger partial charge in [-0.1, -0.05) is 12.2 Å². The van der Waals surface area contributed by atoms with Crippen molar-refractivity contribution in [2.24, 2.45) is 5.92 Å². The first-order valence-corrected chi connectivity index (χ1v) is 3.73. The van der Waals surface area contributed by atoms with Gasteiger partial charge < -0.3 is 0 Å². The third-order valence-corrected chi connectivity index (χ3v) is 2.16. The van der Waals surface area contributed by atoms with Crippen LogP contribution in [0.3, 0.4) is 0 Å². The van der Waals surface area contributed by atoms with Gasteiger partial charge in [-0.05, 0) is 25.7 Å². The molecule has 1 rings (SSSR count). The minimum absolute atomic E-state index is 0.238. The summed E-state index contributed by atoms with van der Waals surface area (Å²) >= 11 is 0. The van der Waals surface area contributed by atoms with E-state index in [1.165, 1.54) is 0 Å². The molecule has 0 nitrogen and oxygen atoms in total. The zero-order valence-electron chi connectivity index (χ0n) is 6.25. The first-order valence-electron chi connectivity index (χ1n) is 3.73. The molecule has 0 aromatic heterocycles. The van der Waals surface area contributed by atoms with E-state index in [9.17, 15) is 13.2 Å². The van der Waals surface area contributed by atoms with E-state index >= 15 is 0 Å². The topological polar surface area (TPSA) is 0 Å². The van der Waals surface area contributed by atoms with Crippen molar-refractivity contribution in [3.63, 3.8) is 0 Å². The van der Waals surface area contributed by atoms with Crippen LogP contribution in [0.15, 0.2) is 12.2 Å². The molecule has 64 valence electrons. The summed E-state index contributed by atoms with van der Waals surface area (Å²) in [6.07, 6.45) is -2.42. The van der Waals surface area contributed by atoms with Crippen LogP contribution < -0.4 is 0 Å². The molecule has 1 aliphatic rings. The molecule has 11 heavy (non-hydrogen) atoms. The predicted octanol–water partition coefficient (Wildman–Crippen LogP) is 3.30. The van der Waals surface area contributed by atoms with Gasteiger partial charge in [0.2, 0.25) is 0 Å². The average Bonchev–Trinajstić information content (AvgIpc) is 1.86. The van der Waals surface area contributed by atoms with Gasteiger partial charge in [-0.3, -0.25) is 0 Å². The Balaban J connectivity index is 2.45. The van der Waals surface area contributed by atoms with Crippen molar-refractivity contribution in [3.05, 3.63) is 12.2 Å². The normalized spacial score (nSPS) is 22.3. The number of hydrogen-bond donors (Lipinski definition) is 0. The van der Waals surface area contributed by atoms with Crippen LogP contribution in [-0.2, 0) is 0 Å². The lowest BCUT2D eigenvalue weighted by atomic mass is 9.86. The van der Waals surface area contributed by atoms with E-state index in [0.29, 0.717) is 12.8 Å². The number of hydrogen-bond acceptors (Lipinski definition) is 0. The van der Waals surface area contributed by atoms with Crippen LogP contribution in [-0.4, -0.2) is 6.18 Å². The van der Waals surface area contributed by atoms with Crippen molar-refractivity contribution >= 4 is 0 Å². The van der Waals surface area contributed by atoms with Gasteiger partial charge in [0.25, 0.3) is 0 Å². The maximum Gasteiger partial charge on any atom is 0.391 e. The number of alkyl halides is 3. The maximum atomic E-state index is 12.0. The van der Waals surface area contributed by atoms with Crippen LogP contribution in [0.1, 0.15) is 25.7 Å². The third kappa shape index (κ3) is 2.24. The van der Waals surface area contributed by atoms with Crippen molar-refractivity contribution in [3.8, 4) is 0 Å². The fourth-order valence-electron chi connectivity index (χ4n) is 1.35. The predicted molar refractivity (Wildman–Crippen MR) is 37.2 cm³/mol. The smallest absolute Gasteiger partial charge is 0.171 e. The summed E-state index contributed by atoms with van der Waals surface area (Å²) in [4.78, 5) is 0. The standard InChI is InChI=1S/C8H11F3/c1-6-2-4-7(5-3-6)8(9,10)11/h7H,1-5H2. The molecule has 0 unspecified atom stereocenters. The van der Waals surface area contributed by atoms with Crippen molar-refractivity contribution < 1.29 is 13.2 Å². The molecule has 0 heterocycles. The van der Waals surface area contributed by atoms with E-state index < -0.39 is 12.1 Å². The Kier molecular flexibility index (Phi) is 2.25. The lowest BCUT2D eigenvalue weighted by Gasteiger charge is -2.25. The molecule has 0 spiro atoms. The van der Waals surface area contributed by atoms with Gasteiger partial charge in [-0.15, -0.1) is 0 Å². The quantitative estimate of drug-likeness (QED) is 0.482. The van der Waals surface area contributed by atoms with Crippen molar-refractivity contribution in [2.75, 3.05) is 0 Å². The number of allylic oxidation sites excluding steroid dienone is 1. The number of halogens is 3. The Morgan fingerprint density at radius 2 is 1.64 bits per heavy atom. The Morgan fingerprint density at radius 3 is 2.00 bits per heavy atom. The molecular formula is C8H11F3. The van der Waals surface area contributed by atoms with E-state index in [0.717, 1.165) is 5.57 Å². The van der Waals surface area contributed by atoms with E-state index in [-0.39, 0.29) is 12.8 Å².